The van der Waals surface area contributed by atoms with E-state index in [-0.39, 0.29) is 5.97 Å². The molecule has 0 aromatic heterocycles. The minimum atomic E-state index is -0.107. The van der Waals surface area contributed by atoms with Crippen molar-refractivity contribution in [3.8, 4) is 0 Å². The number of esters is 1. The van der Waals surface area contributed by atoms with Gasteiger partial charge in [0.1, 0.15) is 0 Å². The summed E-state index contributed by atoms with van der Waals surface area (Å²) >= 11 is 0. The largest absolute Gasteiger partial charge is 0.466 e. The topological polar surface area (TPSA) is 26.3 Å². The van der Waals surface area contributed by atoms with Gasteiger partial charge in [-0.3, -0.25) is 0 Å². The Balaban J connectivity index is 1.60. The van der Waals surface area contributed by atoms with Gasteiger partial charge in [-0.1, -0.05) is 5.57 Å². The van der Waals surface area contributed by atoms with E-state index in [1.54, 1.807) is 0 Å². The minimum absolute atomic E-state index is 0.107. The highest BCUT2D eigenvalue weighted by Crippen LogP contribution is 2.72. The predicted molar refractivity (Wildman–Crippen MR) is 75.7 cm³/mol. The van der Waals surface area contributed by atoms with E-state index in [1.165, 1.54) is 51.2 Å². The lowest BCUT2D eigenvalue weighted by molar-refractivity contribution is -0.134. The molecule has 0 N–H and O–H groups in total. The molecule has 5 saturated carbocycles. The lowest BCUT2D eigenvalue weighted by Crippen LogP contribution is -2.27. The van der Waals surface area contributed by atoms with E-state index in [0.29, 0.717) is 0 Å². The van der Waals surface area contributed by atoms with Crippen LogP contribution < -0.4 is 0 Å². The van der Waals surface area contributed by atoms with Crippen molar-refractivity contribution in [3.05, 3.63) is 11.6 Å². The number of hydrogen-bond donors (Lipinski definition) is 0. The Bertz CT molecular complexity index is 460. The van der Waals surface area contributed by atoms with Crippen LogP contribution in [0.25, 0.3) is 0 Å². The van der Waals surface area contributed by atoms with E-state index in [1.807, 2.05) is 6.08 Å². The van der Waals surface area contributed by atoms with Crippen molar-refractivity contribution in [2.75, 3.05) is 7.11 Å². The number of ether oxygens (including phenoxy) is 1. The zero-order chi connectivity index (χ0) is 13.4. The Hall–Kier alpha value is -0.790. The molecule has 0 aromatic carbocycles. The molecule has 0 heterocycles. The third-order valence-electron chi connectivity index (χ3n) is 7.66. The third kappa shape index (κ3) is 1.29. The van der Waals surface area contributed by atoms with Gasteiger partial charge in [0.05, 0.1) is 7.11 Å². The van der Waals surface area contributed by atoms with Crippen molar-refractivity contribution in [3.63, 3.8) is 0 Å². The molecule has 20 heavy (non-hydrogen) atoms. The first-order valence-electron chi connectivity index (χ1n) is 8.57. The summed E-state index contributed by atoms with van der Waals surface area (Å²) in [6.45, 7) is 0. The van der Waals surface area contributed by atoms with Gasteiger partial charge in [-0.2, -0.15) is 0 Å². The van der Waals surface area contributed by atoms with Crippen molar-refractivity contribution in [1.82, 2.24) is 0 Å². The molecule has 0 aliphatic heterocycles. The van der Waals surface area contributed by atoms with Crippen molar-refractivity contribution in [2.45, 2.75) is 38.5 Å². The number of hydrogen-bond acceptors (Lipinski definition) is 2. The van der Waals surface area contributed by atoms with Crippen LogP contribution in [0, 0.1) is 47.3 Å². The Morgan fingerprint density at radius 3 is 1.95 bits per heavy atom. The van der Waals surface area contributed by atoms with Gasteiger partial charge in [-0.15, -0.1) is 0 Å². The van der Waals surface area contributed by atoms with Gasteiger partial charge in [0.2, 0.25) is 0 Å². The summed E-state index contributed by atoms with van der Waals surface area (Å²) in [5, 5.41) is 0. The lowest BCUT2D eigenvalue weighted by Gasteiger charge is -2.32. The van der Waals surface area contributed by atoms with Crippen LogP contribution in [0.1, 0.15) is 38.5 Å². The van der Waals surface area contributed by atoms with Gasteiger partial charge in [-0.25, -0.2) is 4.79 Å². The highest BCUT2D eigenvalue weighted by atomic mass is 16.5. The molecule has 5 aliphatic carbocycles. The summed E-state index contributed by atoms with van der Waals surface area (Å²) in [6.07, 6.45) is 10.6. The molecule has 108 valence electrons. The molecule has 0 aromatic rings. The minimum Gasteiger partial charge on any atom is -0.466 e. The highest BCUT2D eigenvalue weighted by Gasteiger charge is 2.65. The zero-order valence-electron chi connectivity index (χ0n) is 12.3. The van der Waals surface area contributed by atoms with Crippen molar-refractivity contribution in [1.29, 1.82) is 0 Å². The van der Waals surface area contributed by atoms with Crippen LogP contribution in [-0.2, 0) is 9.53 Å². The maximum absolute atomic E-state index is 11.9. The average Bonchev–Trinajstić information content (AvgIpc) is 3.22. The van der Waals surface area contributed by atoms with Crippen LogP contribution in [0.2, 0.25) is 0 Å². The van der Waals surface area contributed by atoms with E-state index in [0.717, 1.165) is 47.3 Å². The molecular formula is C18H24O2. The van der Waals surface area contributed by atoms with Crippen LogP contribution in [0.4, 0.5) is 0 Å². The smallest absolute Gasteiger partial charge is 0.330 e. The quantitative estimate of drug-likeness (QED) is 0.540. The maximum Gasteiger partial charge on any atom is 0.330 e. The highest BCUT2D eigenvalue weighted by molar-refractivity contribution is 5.83. The van der Waals surface area contributed by atoms with Crippen LogP contribution >= 0.6 is 0 Å². The van der Waals surface area contributed by atoms with Gasteiger partial charge in [-0.05, 0) is 85.9 Å². The summed E-state index contributed by atoms with van der Waals surface area (Å²) in [6, 6.07) is 0. The first-order chi connectivity index (χ1) is 9.78. The average molecular weight is 272 g/mol. The zero-order valence-corrected chi connectivity index (χ0v) is 12.3. The second kappa shape index (κ2) is 3.90. The van der Waals surface area contributed by atoms with Gasteiger partial charge in [0, 0.05) is 6.08 Å². The molecule has 0 saturated heterocycles. The maximum atomic E-state index is 11.9. The Kier molecular flexibility index (Phi) is 2.30. The SMILES string of the molecule is COC(=O)C=C1[C@@H]2[C@H]3CC[C@H](C3)[C@@H]2[C@H]2[C@@H]3CC[C@@H](C3)[C@@H]12. The molecule has 2 heteroatoms. The first kappa shape index (κ1) is 11.8. The van der Waals surface area contributed by atoms with Crippen LogP contribution in [0.5, 0.6) is 0 Å². The summed E-state index contributed by atoms with van der Waals surface area (Å²) in [5.74, 6) is 7.04. The molecule has 5 rings (SSSR count). The number of allylic oxidation sites excluding steroid dienone is 1. The monoisotopic (exact) mass is 272 g/mol. The summed E-state index contributed by atoms with van der Waals surface area (Å²) in [5.41, 5.74) is 1.53. The fraction of sp³-hybridized carbons (Fsp3) is 0.833. The Labute approximate surface area is 120 Å². The molecule has 5 fully saturated rings. The van der Waals surface area contributed by atoms with E-state index in [2.05, 4.69) is 0 Å². The van der Waals surface area contributed by atoms with E-state index in [9.17, 15) is 4.79 Å². The second-order valence-corrected chi connectivity index (χ2v) is 8.04. The standard InChI is InChI=1S/C18H24O2/c1-20-14(19)8-13-15-9-2-4-11(6-9)17(15)18-12-5-3-10(7-12)16(13)18/h8-12,15-18H,2-7H2,1H3/t9-,10-,11+,12+,15-,16-,17-,18-/m0/s1. The summed E-state index contributed by atoms with van der Waals surface area (Å²) in [7, 11) is 1.52. The molecule has 8 atom stereocenters. The summed E-state index contributed by atoms with van der Waals surface area (Å²) < 4.78 is 4.95. The molecule has 0 spiro atoms. The molecule has 2 nitrogen and oxygen atoms in total. The van der Waals surface area contributed by atoms with E-state index < -0.39 is 0 Å². The van der Waals surface area contributed by atoms with Gasteiger partial charge < -0.3 is 4.74 Å². The molecule has 0 radical (unpaired) electrons. The van der Waals surface area contributed by atoms with Crippen LogP contribution in [0.3, 0.4) is 0 Å². The van der Waals surface area contributed by atoms with Crippen molar-refractivity contribution in [2.24, 2.45) is 47.3 Å². The van der Waals surface area contributed by atoms with Gasteiger partial charge in [0.25, 0.3) is 0 Å². The fourth-order valence-corrected chi connectivity index (χ4v) is 7.38. The number of carbonyl (C=O) groups excluding carboxylic acids is 1. The number of fused-ring (bicyclic) bond motifs is 11. The van der Waals surface area contributed by atoms with Crippen molar-refractivity contribution >= 4 is 5.97 Å². The molecule has 5 aliphatic rings. The predicted octanol–water partition coefficient (Wildman–Crippen LogP) is 3.42. The normalized spacial score (nSPS) is 54.1. The molecular weight excluding hydrogens is 248 g/mol. The first-order valence-corrected chi connectivity index (χ1v) is 8.57. The number of rotatable bonds is 1. The molecule has 0 unspecified atom stereocenters. The number of methoxy groups -OCH3 is 1. The third-order valence-corrected chi connectivity index (χ3v) is 7.66. The van der Waals surface area contributed by atoms with Crippen molar-refractivity contribution < 1.29 is 9.53 Å². The molecule has 0 amide bonds. The van der Waals surface area contributed by atoms with Crippen LogP contribution in [0.15, 0.2) is 11.6 Å². The Morgan fingerprint density at radius 2 is 1.45 bits per heavy atom. The summed E-state index contributed by atoms with van der Waals surface area (Å²) in [4.78, 5) is 11.9. The van der Waals surface area contributed by atoms with Gasteiger partial charge in [0.15, 0.2) is 0 Å². The van der Waals surface area contributed by atoms with Crippen LogP contribution in [-0.4, -0.2) is 13.1 Å². The second-order valence-electron chi connectivity index (χ2n) is 8.04. The number of carbonyl (C=O) groups is 1. The van der Waals surface area contributed by atoms with E-state index in [4.69, 9.17) is 4.74 Å². The fourth-order valence-electron chi connectivity index (χ4n) is 7.38. The Morgan fingerprint density at radius 1 is 0.950 bits per heavy atom. The molecule has 4 bridgehead atoms. The van der Waals surface area contributed by atoms with E-state index >= 15 is 0 Å². The van der Waals surface area contributed by atoms with Gasteiger partial charge >= 0.3 is 5.97 Å². The lowest BCUT2D eigenvalue weighted by atomic mass is 9.72.